The zero-order valence-electron chi connectivity index (χ0n) is 9.19. The highest BCUT2D eigenvalue weighted by Crippen LogP contribution is 2.29. The molecule has 2 rings (SSSR count). The van der Waals surface area contributed by atoms with Crippen molar-refractivity contribution in [2.75, 3.05) is 7.05 Å². The van der Waals surface area contributed by atoms with Gasteiger partial charge in [-0.25, -0.2) is 0 Å². The molecule has 0 aliphatic rings. The molecule has 1 aromatic heterocycles. The second-order valence-electron chi connectivity index (χ2n) is 3.85. The maximum absolute atomic E-state index is 6.07. The molecule has 0 aliphatic heterocycles. The first kappa shape index (κ1) is 10.5. The standard InChI is InChI=1S/C12H15ClN2/c1-7-11(13)5-4-9-10(8(2)14-3)6-15-12(7)9/h4-6,8,14-15H,1-3H3. The van der Waals surface area contributed by atoms with Gasteiger partial charge in [-0.2, -0.15) is 0 Å². The lowest BCUT2D eigenvalue weighted by molar-refractivity contribution is 0.657. The van der Waals surface area contributed by atoms with E-state index in [-0.39, 0.29) is 0 Å². The number of H-pyrrole nitrogens is 1. The minimum absolute atomic E-state index is 0.347. The molecular weight excluding hydrogens is 208 g/mol. The maximum Gasteiger partial charge on any atom is 0.0502 e. The summed E-state index contributed by atoms with van der Waals surface area (Å²) < 4.78 is 0. The highest BCUT2D eigenvalue weighted by Gasteiger charge is 2.11. The number of fused-ring (bicyclic) bond motifs is 1. The van der Waals surface area contributed by atoms with Crippen molar-refractivity contribution < 1.29 is 0 Å². The van der Waals surface area contributed by atoms with Gasteiger partial charge >= 0.3 is 0 Å². The van der Waals surface area contributed by atoms with Crippen LogP contribution in [0.4, 0.5) is 0 Å². The van der Waals surface area contributed by atoms with E-state index in [4.69, 9.17) is 11.6 Å². The van der Waals surface area contributed by atoms with Gasteiger partial charge in [0.1, 0.15) is 0 Å². The lowest BCUT2D eigenvalue weighted by atomic mass is 10.1. The first-order valence-corrected chi connectivity index (χ1v) is 5.46. The van der Waals surface area contributed by atoms with Crippen LogP contribution in [0, 0.1) is 6.92 Å². The monoisotopic (exact) mass is 222 g/mol. The van der Waals surface area contributed by atoms with Gasteiger partial charge < -0.3 is 10.3 Å². The van der Waals surface area contributed by atoms with E-state index in [0.29, 0.717) is 6.04 Å². The molecule has 0 saturated heterocycles. The van der Waals surface area contributed by atoms with Crippen LogP contribution in [0.2, 0.25) is 5.02 Å². The molecule has 1 heterocycles. The Morgan fingerprint density at radius 1 is 1.40 bits per heavy atom. The van der Waals surface area contributed by atoms with Crippen molar-refractivity contribution in [2.24, 2.45) is 0 Å². The SMILES string of the molecule is CNC(C)c1c[nH]c2c(C)c(Cl)ccc12. The van der Waals surface area contributed by atoms with E-state index < -0.39 is 0 Å². The summed E-state index contributed by atoms with van der Waals surface area (Å²) in [5.74, 6) is 0. The van der Waals surface area contributed by atoms with Crippen molar-refractivity contribution in [3.63, 3.8) is 0 Å². The molecule has 1 atom stereocenters. The summed E-state index contributed by atoms with van der Waals surface area (Å²) in [6, 6.07) is 4.38. The summed E-state index contributed by atoms with van der Waals surface area (Å²) >= 11 is 6.07. The molecule has 0 bridgehead atoms. The van der Waals surface area contributed by atoms with Crippen LogP contribution in [-0.4, -0.2) is 12.0 Å². The number of benzene rings is 1. The highest BCUT2D eigenvalue weighted by molar-refractivity contribution is 6.32. The van der Waals surface area contributed by atoms with Gasteiger partial charge in [-0.15, -0.1) is 0 Å². The van der Waals surface area contributed by atoms with Gasteiger partial charge in [0.15, 0.2) is 0 Å². The minimum Gasteiger partial charge on any atom is -0.361 e. The predicted octanol–water partition coefficient (Wildman–Crippen LogP) is 3.41. The molecule has 2 N–H and O–H groups in total. The quantitative estimate of drug-likeness (QED) is 0.801. The van der Waals surface area contributed by atoms with Gasteiger partial charge in [-0.3, -0.25) is 0 Å². The van der Waals surface area contributed by atoms with Crippen LogP contribution in [-0.2, 0) is 0 Å². The van der Waals surface area contributed by atoms with Crippen molar-refractivity contribution in [1.82, 2.24) is 10.3 Å². The molecule has 3 heteroatoms. The number of nitrogens with one attached hydrogen (secondary N) is 2. The van der Waals surface area contributed by atoms with E-state index in [9.17, 15) is 0 Å². The smallest absolute Gasteiger partial charge is 0.0502 e. The predicted molar refractivity (Wildman–Crippen MR) is 65.5 cm³/mol. The number of aromatic amines is 1. The van der Waals surface area contributed by atoms with Crippen LogP contribution in [0.3, 0.4) is 0 Å². The van der Waals surface area contributed by atoms with Crippen LogP contribution >= 0.6 is 11.6 Å². The zero-order chi connectivity index (χ0) is 11.0. The van der Waals surface area contributed by atoms with E-state index in [1.54, 1.807) is 0 Å². The van der Waals surface area contributed by atoms with Gasteiger partial charge in [0.05, 0.1) is 5.52 Å². The Morgan fingerprint density at radius 2 is 2.13 bits per heavy atom. The molecule has 0 saturated carbocycles. The maximum atomic E-state index is 6.07. The average Bonchev–Trinajstić information content (AvgIpc) is 2.66. The Morgan fingerprint density at radius 3 is 2.80 bits per heavy atom. The molecule has 0 spiro atoms. The first-order valence-electron chi connectivity index (χ1n) is 5.08. The lowest BCUT2D eigenvalue weighted by Gasteiger charge is -2.08. The fraction of sp³-hybridized carbons (Fsp3) is 0.333. The summed E-state index contributed by atoms with van der Waals surface area (Å²) in [5.41, 5.74) is 3.54. The van der Waals surface area contributed by atoms with Crippen LogP contribution in [0.25, 0.3) is 10.9 Å². The molecule has 1 aromatic carbocycles. The van der Waals surface area contributed by atoms with E-state index >= 15 is 0 Å². The number of rotatable bonds is 2. The number of hydrogen-bond acceptors (Lipinski definition) is 1. The number of halogens is 1. The second-order valence-corrected chi connectivity index (χ2v) is 4.26. The van der Waals surface area contributed by atoms with Crippen molar-refractivity contribution in [2.45, 2.75) is 19.9 Å². The number of hydrogen-bond donors (Lipinski definition) is 2. The normalized spacial score (nSPS) is 13.3. The third kappa shape index (κ3) is 1.64. The molecular formula is C12H15ClN2. The largest absolute Gasteiger partial charge is 0.361 e. The van der Waals surface area contributed by atoms with Gasteiger partial charge in [0.25, 0.3) is 0 Å². The van der Waals surface area contributed by atoms with E-state index in [1.807, 2.05) is 20.0 Å². The topological polar surface area (TPSA) is 27.8 Å². The van der Waals surface area contributed by atoms with Gasteiger partial charge in [-0.05, 0) is 38.1 Å². The van der Waals surface area contributed by atoms with Crippen LogP contribution in [0.15, 0.2) is 18.3 Å². The van der Waals surface area contributed by atoms with Crippen LogP contribution < -0.4 is 5.32 Å². The molecule has 80 valence electrons. The highest BCUT2D eigenvalue weighted by atomic mass is 35.5. The Hall–Kier alpha value is -0.990. The van der Waals surface area contributed by atoms with Gasteiger partial charge in [0, 0.05) is 22.6 Å². The van der Waals surface area contributed by atoms with Gasteiger partial charge in [0.2, 0.25) is 0 Å². The Kier molecular flexibility index (Phi) is 2.72. The van der Waals surface area contributed by atoms with E-state index in [1.165, 1.54) is 10.9 Å². The van der Waals surface area contributed by atoms with Crippen molar-refractivity contribution in [3.8, 4) is 0 Å². The fourth-order valence-corrected chi connectivity index (χ4v) is 2.01. The van der Waals surface area contributed by atoms with Crippen molar-refractivity contribution >= 4 is 22.5 Å². The fourth-order valence-electron chi connectivity index (χ4n) is 1.85. The zero-order valence-corrected chi connectivity index (χ0v) is 9.94. The molecule has 0 amide bonds. The Labute approximate surface area is 94.6 Å². The lowest BCUT2D eigenvalue weighted by Crippen LogP contribution is -2.11. The summed E-state index contributed by atoms with van der Waals surface area (Å²) in [4.78, 5) is 3.29. The molecule has 1 unspecified atom stereocenters. The Bertz CT molecular complexity index is 488. The third-order valence-corrected chi connectivity index (χ3v) is 3.39. The summed E-state index contributed by atoms with van der Waals surface area (Å²) in [6.07, 6.45) is 2.05. The van der Waals surface area contributed by atoms with Crippen molar-refractivity contribution in [3.05, 3.63) is 34.5 Å². The minimum atomic E-state index is 0.347. The number of aromatic nitrogens is 1. The molecule has 0 fully saturated rings. The molecule has 0 aliphatic carbocycles. The molecule has 15 heavy (non-hydrogen) atoms. The number of aryl methyl sites for hydroxylation is 1. The Balaban J connectivity index is 2.67. The van der Waals surface area contributed by atoms with E-state index in [0.717, 1.165) is 16.1 Å². The molecule has 2 nitrogen and oxygen atoms in total. The second kappa shape index (κ2) is 3.87. The third-order valence-electron chi connectivity index (χ3n) is 2.98. The first-order chi connectivity index (χ1) is 7.15. The van der Waals surface area contributed by atoms with Gasteiger partial charge in [-0.1, -0.05) is 17.7 Å². The molecule has 2 aromatic rings. The van der Waals surface area contributed by atoms with Crippen molar-refractivity contribution in [1.29, 1.82) is 0 Å². The summed E-state index contributed by atoms with van der Waals surface area (Å²) in [5, 5.41) is 5.30. The average molecular weight is 223 g/mol. The summed E-state index contributed by atoms with van der Waals surface area (Å²) in [6.45, 7) is 4.18. The summed E-state index contributed by atoms with van der Waals surface area (Å²) in [7, 11) is 1.96. The molecule has 0 radical (unpaired) electrons. The van der Waals surface area contributed by atoms with Crippen LogP contribution in [0.5, 0.6) is 0 Å². The van der Waals surface area contributed by atoms with Crippen LogP contribution in [0.1, 0.15) is 24.1 Å². The van der Waals surface area contributed by atoms with E-state index in [2.05, 4.69) is 29.5 Å².